The van der Waals surface area contributed by atoms with Crippen LogP contribution in [-0.2, 0) is 9.53 Å². The molecule has 1 aliphatic carbocycles. The number of hydrogen-bond acceptors (Lipinski definition) is 4. The highest BCUT2D eigenvalue weighted by atomic mass is 16.5. The van der Waals surface area contributed by atoms with Gasteiger partial charge in [0.15, 0.2) is 0 Å². The van der Waals surface area contributed by atoms with Gasteiger partial charge in [0.1, 0.15) is 6.04 Å². The maximum atomic E-state index is 11.3. The molecule has 0 heterocycles. The van der Waals surface area contributed by atoms with Gasteiger partial charge in [0, 0.05) is 13.2 Å². The summed E-state index contributed by atoms with van der Waals surface area (Å²) in [5.74, 6) is -0.197. The van der Waals surface area contributed by atoms with Gasteiger partial charge >= 0.3 is 5.97 Å². The lowest BCUT2D eigenvalue weighted by molar-refractivity contribution is -0.145. The van der Waals surface area contributed by atoms with Crippen LogP contribution >= 0.6 is 0 Å². The molecule has 2 N–H and O–H groups in total. The van der Waals surface area contributed by atoms with Crippen molar-refractivity contribution in [3.63, 3.8) is 0 Å². The number of nitrogens with one attached hydrogen (secondary N) is 1. The average Bonchev–Trinajstić information content (AvgIpc) is 2.96. The van der Waals surface area contributed by atoms with Crippen LogP contribution in [0.4, 0.5) is 0 Å². The fourth-order valence-corrected chi connectivity index (χ4v) is 1.65. The molecule has 0 aromatic rings. The number of ether oxygens (including phenoxy) is 1. The molecule has 1 saturated carbocycles. The molecule has 4 heteroatoms. The van der Waals surface area contributed by atoms with Crippen LogP contribution in [0.2, 0.25) is 0 Å². The third kappa shape index (κ3) is 3.80. The van der Waals surface area contributed by atoms with Gasteiger partial charge in [-0.3, -0.25) is 4.79 Å². The number of aliphatic hydroxyl groups excluding tert-OH is 1. The van der Waals surface area contributed by atoms with E-state index >= 15 is 0 Å². The molecule has 0 aliphatic heterocycles. The minimum absolute atomic E-state index is 0.197. The molecule has 88 valence electrons. The van der Waals surface area contributed by atoms with Crippen LogP contribution in [0, 0.1) is 5.41 Å². The highest BCUT2D eigenvalue weighted by molar-refractivity contribution is 5.75. The summed E-state index contributed by atoms with van der Waals surface area (Å²) >= 11 is 0. The minimum atomic E-state index is -0.249. The van der Waals surface area contributed by atoms with Crippen molar-refractivity contribution in [3.05, 3.63) is 0 Å². The minimum Gasteiger partial charge on any atom is -0.465 e. The Morgan fingerprint density at radius 3 is 2.73 bits per heavy atom. The van der Waals surface area contributed by atoms with Crippen LogP contribution in [-0.4, -0.2) is 36.9 Å². The second kappa shape index (κ2) is 5.47. The molecule has 0 spiro atoms. The summed E-state index contributed by atoms with van der Waals surface area (Å²) in [5.41, 5.74) is 0.246. The zero-order valence-electron chi connectivity index (χ0n) is 9.58. The molecule has 0 amide bonds. The van der Waals surface area contributed by atoms with E-state index < -0.39 is 0 Å². The second-order valence-electron chi connectivity index (χ2n) is 4.33. The molecule has 1 aliphatic rings. The van der Waals surface area contributed by atoms with Crippen molar-refractivity contribution < 1.29 is 14.6 Å². The van der Waals surface area contributed by atoms with E-state index in [1.54, 1.807) is 6.92 Å². The standard InChI is InChI=1S/C11H21NO3/c1-3-15-10(14)9(2)12-8-11(4-5-11)6-7-13/h9,12-13H,3-8H2,1-2H3. The largest absolute Gasteiger partial charge is 0.465 e. The van der Waals surface area contributed by atoms with Gasteiger partial charge in [-0.1, -0.05) is 0 Å². The maximum Gasteiger partial charge on any atom is 0.322 e. The van der Waals surface area contributed by atoms with Crippen molar-refractivity contribution in [3.8, 4) is 0 Å². The van der Waals surface area contributed by atoms with Gasteiger partial charge in [0.05, 0.1) is 6.61 Å². The molecule has 0 aromatic heterocycles. The number of carbonyl (C=O) groups excluding carboxylic acids is 1. The normalized spacial score (nSPS) is 19.7. The Labute approximate surface area is 91.0 Å². The van der Waals surface area contributed by atoms with Crippen LogP contribution in [0.15, 0.2) is 0 Å². The fraction of sp³-hybridized carbons (Fsp3) is 0.909. The van der Waals surface area contributed by atoms with Gasteiger partial charge in [-0.05, 0) is 38.5 Å². The Morgan fingerprint density at radius 1 is 1.60 bits per heavy atom. The van der Waals surface area contributed by atoms with Crippen molar-refractivity contribution >= 4 is 5.97 Å². The summed E-state index contributed by atoms with van der Waals surface area (Å²) in [6.45, 7) is 5.07. The van der Waals surface area contributed by atoms with Gasteiger partial charge in [0.25, 0.3) is 0 Å². The van der Waals surface area contributed by atoms with Crippen molar-refractivity contribution in [2.45, 2.75) is 39.2 Å². The van der Waals surface area contributed by atoms with E-state index in [-0.39, 0.29) is 24.0 Å². The van der Waals surface area contributed by atoms with Crippen LogP contribution in [0.3, 0.4) is 0 Å². The van der Waals surface area contributed by atoms with Crippen molar-refractivity contribution in [1.82, 2.24) is 5.32 Å². The molecule has 0 aromatic carbocycles. The summed E-state index contributed by atoms with van der Waals surface area (Å²) in [5, 5.41) is 12.1. The zero-order chi connectivity index (χ0) is 11.3. The summed E-state index contributed by atoms with van der Waals surface area (Å²) in [6, 6.07) is -0.249. The molecular formula is C11H21NO3. The van der Waals surface area contributed by atoms with E-state index in [2.05, 4.69) is 5.32 Å². The number of esters is 1. The summed E-state index contributed by atoms with van der Waals surface area (Å²) in [4.78, 5) is 11.3. The third-order valence-corrected chi connectivity index (χ3v) is 3.02. The smallest absolute Gasteiger partial charge is 0.322 e. The first kappa shape index (κ1) is 12.5. The lowest BCUT2D eigenvalue weighted by atomic mass is 10.0. The van der Waals surface area contributed by atoms with Crippen molar-refractivity contribution in [2.24, 2.45) is 5.41 Å². The van der Waals surface area contributed by atoms with Gasteiger partial charge in [-0.2, -0.15) is 0 Å². The SMILES string of the molecule is CCOC(=O)C(C)NCC1(CCO)CC1. The molecule has 0 saturated heterocycles. The quantitative estimate of drug-likeness (QED) is 0.613. The molecule has 1 unspecified atom stereocenters. The van der Waals surface area contributed by atoms with Crippen LogP contribution in [0.1, 0.15) is 33.1 Å². The van der Waals surface area contributed by atoms with Crippen molar-refractivity contribution in [1.29, 1.82) is 0 Å². The number of carbonyl (C=O) groups is 1. The lowest BCUT2D eigenvalue weighted by Crippen LogP contribution is -2.39. The highest BCUT2D eigenvalue weighted by Crippen LogP contribution is 2.47. The molecular weight excluding hydrogens is 194 g/mol. The second-order valence-corrected chi connectivity index (χ2v) is 4.33. The monoisotopic (exact) mass is 215 g/mol. The molecule has 15 heavy (non-hydrogen) atoms. The lowest BCUT2D eigenvalue weighted by Gasteiger charge is -2.18. The molecule has 1 fully saturated rings. The molecule has 1 atom stereocenters. The fourth-order valence-electron chi connectivity index (χ4n) is 1.65. The molecule has 4 nitrogen and oxygen atoms in total. The maximum absolute atomic E-state index is 11.3. The molecule has 0 radical (unpaired) electrons. The van der Waals surface area contributed by atoms with Crippen LogP contribution in [0.5, 0.6) is 0 Å². The van der Waals surface area contributed by atoms with Crippen molar-refractivity contribution in [2.75, 3.05) is 19.8 Å². The summed E-state index contributed by atoms with van der Waals surface area (Å²) in [7, 11) is 0. The van der Waals surface area contributed by atoms with E-state index in [0.29, 0.717) is 6.61 Å². The van der Waals surface area contributed by atoms with E-state index in [9.17, 15) is 4.79 Å². The predicted octanol–water partition coefficient (Wildman–Crippen LogP) is 0.690. The first-order chi connectivity index (χ1) is 7.13. The number of hydrogen-bond donors (Lipinski definition) is 2. The van der Waals surface area contributed by atoms with Crippen LogP contribution < -0.4 is 5.32 Å². The van der Waals surface area contributed by atoms with Gasteiger partial charge < -0.3 is 15.2 Å². The molecule has 0 bridgehead atoms. The Morgan fingerprint density at radius 2 is 2.27 bits per heavy atom. The number of rotatable bonds is 7. The Balaban J connectivity index is 2.21. The molecule has 1 rings (SSSR count). The highest BCUT2D eigenvalue weighted by Gasteiger charge is 2.41. The van der Waals surface area contributed by atoms with E-state index in [1.807, 2.05) is 6.92 Å². The topological polar surface area (TPSA) is 58.6 Å². The zero-order valence-corrected chi connectivity index (χ0v) is 9.58. The average molecular weight is 215 g/mol. The van der Waals surface area contributed by atoms with E-state index in [4.69, 9.17) is 9.84 Å². The van der Waals surface area contributed by atoms with E-state index in [1.165, 1.54) is 0 Å². The van der Waals surface area contributed by atoms with Crippen LogP contribution in [0.25, 0.3) is 0 Å². The van der Waals surface area contributed by atoms with E-state index in [0.717, 1.165) is 25.8 Å². The van der Waals surface area contributed by atoms with Gasteiger partial charge in [0.2, 0.25) is 0 Å². The predicted molar refractivity (Wildman–Crippen MR) is 57.5 cm³/mol. The summed E-state index contributed by atoms with van der Waals surface area (Å²) in [6.07, 6.45) is 3.13. The van der Waals surface area contributed by atoms with Gasteiger partial charge in [-0.25, -0.2) is 0 Å². The third-order valence-electron chi connectivity index (χ3n) is 3.02. The Hall–Kier alpha value is -0.610. The number of aliphatic hydroxyl groups is 1. The first-order valence-corrected chi connectivity index (χ1v) is 5.64. The summed E-state index contributed by atoms with van der Waals surface area (Å²) < 4.78 is 4.90. The van der Waals surface area contributed by atoms with Gasteiger partial charge in [-0.15, -0.1) is 0 Å². The Bertz CT molecular complexity index is 214. The Kier molecular flexibility index (Phi) is 4.54. The first-order valence-electron chi connectivity index (χ1n) is 5.64.